The third-order valence-corrected chi connectivity index (χ3v) is 4.49. The highest BCUT2D eigenvalue weighted by Gasteiger charge is 2.28. The first kappa shape index (κ1) is 14.2. The van der Waals surface area contributed by atoms with Crippen LogP contribution >= 0.6 is 39.1 Å². The predicted molar refractivity (Wildman–Crippen MR) is 85.5 cm³/mol. The van der Waals surface area contributed by atoms with E-state index in [4.69, 9.17) is 33.7 Å². The van der Waals surface area contributed by atoms with E-state index in [1.165, 1.54) is 0 Å². The molecule has 104 valence electrons. The largest absolute Gasteiger partial charge is 0.485 e. The lowest BCUT2D eigenvalue weighted by atomic mass is 9.93. The Labute approximate surface area is 136 Å². The average molecular weight is 373 g/mol. The lowest BCUT2D eigenvalue weighted by Crippen LogP contribution is -2.24. The molecule has 2 nitrogen and oxygen atoms in total. The Kier molecular flexibility index (Phi) is 3.95. The number of halogens is 3. The van der Waals surface area contributed by atoms with Gasteiger partial charge in [-0.05, 0) is 36.4 Å². The minimum atomic E-state index is -0.176. The molecule has 2 atom stereocenters. The minimum Gasteiger partial charge on any atom is -0.485 e. The van der Waals surface area contributed by atoms with E-state index in [-0.39, 0.29) is 12.1 Å². The molecule has 2 unspecified atom stereocenters. The Hall–Kier alpha value is -0.740. The third-order valence-electron chi connectivity index (χ3n) is 3.41. The summed E-state index contributed by atoms with van der Waals surface area (Å²) >= 11 is 15.7. The smallest absolute Gasteiger partial charge is 0.127 e. The Bertz CT molecular complexity index is 662. The van der Waals surface area contributed by atoms with Crippen LogP contribution in [0.5, 0.6) is 5.75 Å². The summed E-state index contributed by atoms with van der Waals surface area (Å²) in [4.78, 5) is 0. The zero-order valence-corrected chi connectivity index (χ0v) is 13.5. The van der Waals surface area contributed by atoms with Crippen LogP contribution in [-0.4, -0.2) is 0 Å². The zero-order valence-electron chi connectivity index (χ0n) is 10.4. The highest BCUT2D eigenvalue weighted by atomic mass is 79.9. The van der Waals surface area contributed by atoms with Gasteiger partial charge in [0, 0.05) is 38.1 Å². The second kappa shape index (κ2) is 5.57. The Morgan fingerprint density at radius 3 is 2.70 bits per heavy atom. The van der Waals surface area contributed by atoms with E-state index in [1.54, 1.807) is 12.1 Å². The van der Waals surface area contributed by atoms with Gasteiger partial charge in [0.2, 0.25) is 0 Å². The summed E-state index contributed by atoms with van der Waals surface area (Å²) in [6, 6.07) is 11.2. The van der Waals surface area contributed by atoms with Gasteiger partial charge in [-0.1, -0.05) is 39.1 Å². The van der Waals surface area contributed by atoms with Crippen molar-refractivity contribution in [2.75, 3.05) is 0 Å². The molecule has 0 amide bonds. The van der Waals surface area contributed by atoms with E-state index in [9.17, 15) is 0 Å². The number of rotatable bonds is 1. The number of fused-ring (bicyclic) bond motifs is 1. The molecule has 5 heteroatoms. The molecule has 3 rings (SSSR count). The molecule has 0 spiro atoms. The van der Waals surface area contributed by atoms with Gasteiger partial charge in [0.1, 0.15) is 11.9 Å². The summed E-state index contributed by atoms with van der Waals surface area (Å²) in [6.45, 7) is 0. The van der Waals surface area contributed by atoms with Crippen molar-refractivity contribution in [2.24, 2.45) is 5.73 Å². The second-order valence-corrected chi connectivity index (χ2v) is 6.56. The Morgan fingerprint density at radius 1 is 1.10 bits per heavy atom. The second-order valence-electron chi connectivity index (χ2n) is 4.80. The van der Waals surface area contributed by atoms with Crippen LogP contribution in [0.4, 0.5) is 0 Å². The normalized spacial score (nSPS) is 21.2. The maximum atomic E-state index is 6.25. The summed E-state index contributed by atoms with van der Waals surface area (Å²) in [7, 11) is 0. The highest BCUT2D eigenvalue weighted by molar-refractivity contribution is 9.10. The Morgan fingerprint density at radius 2 is 1.90 bits per heavy atom. The molecule has 20 heavy (non-hydrogen) atoms. The number of benzene rings is 2. The number of hydrogen-bond donors (Lipinski definition) is 1. The molecule has 0 saturated carbocycles. The first-order chi connectivity index (χ1) is 9.54. The fourth-order valence-corrected chi connectivity index (χ4v) is 3.23. The minimum absolute atomic E-state index is 0.0868. The van der Waals surface area contributed by atoms with Crippen LogP contribution < -0.4 is 10.5 Å². The van der Waals surface area contributed by atoms with E-state index >= 15 is 0 Å². The van der Waals surface area contributed by atoms with Gasteiger partial charge in [0.15, 0.2) is 0 Å². The molecule has 2 aromatic rings. The van der Waals surface area contributed by atoms with Crippen molar-refractivity contribution in [3.63, 3.8) is 0 Å². The van der Waals surface area contributed by atoms with Crippen LogP contribution in [0.25, 0.3) is 0 Å². The molecule has 0 bridgehead atoms. The standard InChI is InChI=1S/C15H12BrCl2NO/c16-8-1-4-14-11(5-8)13(19)7-15(20-14)10-6-9(17)2-3-12(10)18/h1-6,13,15H,7,19H2. The fraction of sp³-hybridized carbons (Fsp3) is 0.200. The average Bonchev–Trinajstić information content (AvgIpc) is 2.42. The number of ether oxygens (including phenoxy) is 1. The van der Waals surface area contributed by atoms with Crippen molar-refractivity contribution in [3.05, 3.63) is 62.0 Å². The molecule has 1 heterocycles. The van der Waals surface area contributed by atoms with Gasteiger partial charge in [-0.15, -0.1) is 0 Å². The monoisotopic (exact) mass is 371 g/mol. The molecule has 0 aliphatic carbocycles. The number of hydrogen-bond acceptors (Lipinski definition) is 2. The SMILES string of the molecule is NC1CC(c2cc(Cl)ccc2Cl)Oc2ccc(Br)cc21. The molecule has 1 aliphatic heterocycles. The van der Waals surface area contributed by atoms with Crippen molar-refractivity contribution < 1.29 is 4.74 Å². The maximum absolute atomic E-state index is 6.25. The first-order valence-electron chi connectivity index (χ1n) is 6.21. The predicted octanol–water partition coefficient (Wildman–Crippen LogP) is 5.28. The van der Waals surface area contributed by atoms with Gasteiger partial charge in [0.05, 0.1) is 0 Å². The van der Waals surface area contributed by atoms with Crippen LogP contribution in [0.15, 0.2) is 40.9 Å². The quantitative estimate of drug-likeness (QED) is 0.738. The van der Waals surface area contributed by atoms with Gasteiger partial charge in [-0.25, -0.2) is 0 Å². The summed E-state index contributed by atoms with van der Waals surface area (Å²) < 4.78 is 7.03. The van der Waals surface area contributed by atoms with E-state index in [1.807, 2.05) is 24.3 Å². The van der Waals surface area contributed by atoms with Gasteiger partial charge >= 0.3 is 0 Å². The summed E-state index contributed by atoms with van der Waals surface area (Å²) in [5.74, 6) is 0.799. The van der Waals surface area contributed by atoms with Crippen LogP contribution in [-0.2, 0) is 0 Å². The molecular weight excluding hydrogens is 361 g/mol. The van der Waals surface area contributed by atoms with Crippen molar-refractivity contribution in [3.8, 4) is 5.75 Å². The summed E-state index contributed by atoms with van der Waals surface area (Å²) in [5.41, 5.74) is 8.14. The highest BCUT2D eigenvalue weighted by Crippen LogP contribution is 2.42. The lowest BCUT2D eigenvalue weighted by molar-refractivity contribution is 0.161. The molecular formula is C15H12BrCl2NO. The molecule has 2 aromatic carbocycles. The van der Waals surface area contributed by atoms with Gasteiger partial charge in [0.25, 0.3) is 0 Å². The van der Waals surface area contributed by atoms with E-state index in [0.717, 1.165) is 21.3 Å². The van der Waals surface area contributed by atoms with Crippen LogP contribution in [0, 0.1) is 0 Å². The van der Waals surface area contributed by atoms with Gasteiger partial charge in [-0.3, -0.25) is 0 Å². The maximum Gasteiger partial charge on any atom is 0.127 e. The van der Waals surface area contributed by atoms with Gasteiger partial charge in [-0.2, -0.15) is 0 Å². The lowest BCUT2D eigenvalue weighted by Gasteiger charge is -2.31. The molecule has 0 radical (unpaired) electrons. The van der Waals surface area contributed by atoms with Crippen molar-refractivity contribution in [2.45, 2.75) is 18.6 Å². The molecule has 0 saturated heterocycles. The molecule has 2 N–H and O–H groups in total. The molecule has 1 aliphatic rings. The van der Waals surface area contributed by atoms with Gasteiger partial charge < -0.3 is 10.5 Å². The molecule has 0 fully saturated rings. The van der Waals surface area contributed by atoms with Crippen LogP contribution in [0.3, 0.4) is 0 Å². The van der Waals surface area contributed by atoms with Crippen molar-refractivity contribution in [1.82, 2.24) is 0 Å². The van der Waals surface area contributed by atoms with E-state index in [2.05, 4.69) is 15.9 Å². The first-order valence-corrected chi connectivity index (χ1v) is 7.76. The van der Waals surface area contributed by atoms with Crippen LogP contribution in [0.2, 0.25) is 10.0 Å². The summed E-state index contributed by atoms with van der Waals surface area (Å²) in [6.07, 6.45) is 0.494. The van der Waals surface area contributed by atoms with E-state index < -0.39 is 0 Å². The number of nitrogens with two attached hydrogens (primary N) is 1. The summed E-state index contributed by atoms with van der Waals surface area (Å²) in [5, 5.41) is 1.29. The zero-order chi connectivity index (χ0) is 14.3. The Balaban J connectivity index is 1.99. The van der Waals surface area contributed by atoms with E-state index in [0.29, 0.717) is 16.5 Å². The topological polar surface area (TPSA) is 35.2 Å². The van der Waals surface area contributed by atoms with Crippen LogP contribution in [0.1, 0.15) is 29.7 Å². The van der Waals surface area contributed by atoms with Crippen molar-refractivity contribution >= 4 is 39.1 Å². The van der Waals surface area contributed by atoms with Crippen molar-refractivity contribution in [1.29, 1.82) is 0 Å². The fourth-order valence-electron chi connectivity index (χ4n) is 2.43. The molecule has 0 aromatic heterocycles. The third kappa shape index (κ3) is 2.68.